The molecule has 2 saturated carbocycles. The molecule has 0 amide bonds. The Morgan fingerprint density at radius 2 is 1.65 bits per heavy atom. The standard InChI is InChI=1S/C14H18N2S/c15-14(17)11-5-7-12(8-6-11)16-13(9-1-2-9)10-3-4-10/h5-10,13,16H,1-4H2,(H2,15,17). The second-order valence-electron chi connectivity index (χ2n) is 5.29. The van der Waals surface area contributed by atoms with Crippen molar-refractivity contribution >= 4 is 22.9 Å². The summed E-state index contributed by atoms with van der Waals surface area (Å²) in [5.41, 5.74) is 7.74. The van der Waals surface area contributed by atoms with Gasteiger partial charge in [0.05, 0.1) is 0 Å². The van der Waals surface area contributed by atoms with Gasteiger partial charge in [0.15, 0.2) is 0 Å². The molecule has 2 fully saturated rings. The van der Waals surface area contributed by atoms with E-state index in [9.17, 15) is 0 Å². The van der Waals surface area contributed by atoms with E-state index >= 15 is 0 Å². The van der Waals surface area contributed by atoms with E-state index in [4.69, 9.17) is 18.0 Å². The van der Waals surface area contributed by atoms with Gasteiger partial charge in [0.1, 0.15) is 4.99 Å². The topological polar surface area (TPSA) is 38.0 Å². The molecule has 3 N–H and O–H groups in total. The van der Waals surface area contributed by atoms with Crippen molar-refractivity contribution in [2.24, 2.45) is 17.6 Å². The molecule has 2 nitrogen and oxygen atoms in total. The van der Waals surface area contributed by atoms with Crippen molar-refractivity contribution in [3.8, 4) is 0 Å². The Balaban J connectivity index is 1.68. The lowest BCUT2D eigenvalue weighted by Crippen LogP contribution is -2.24. The van der Waals surface area contributed by atoms with Gasteiger partial charge in [0.2, 0.25) is 0 Å². The fraction of sp³-hybridized carbons (Fsp3) is 0.500. The molecule has 2 aliphatic carbocycles. The second kappa shape index (κ2) is 4.30. The van der Waals surface area contributed by atoms with Gasteiger partial charge in [0.25, 0.3) is 0 Å². The molecule has 0 aromatic heterocycles. The number of hydrogen-bond donors (Lipinski definition) is 2. The normalized spacial score (nSPS) is 19.4. The van der Waals surface area contributed by atoms with E-state index in [1.54, 1.807) is 0 Å². The van der Waals surface area contributed by atoms with Crippen LogP contribution in [0.1, 0.15) is 31.2 Å². The summed E-state index contributed by atoms with van der Waals surface area (Å²) in [6.07, 6.45) is 5.61. The van der Waals surface area contributed by atoms with Gasteiger partial charge in [-0.3, -0.25) is 0 Å². The number of hydrogen-bond acceptors (Lipinski definition) is 2. The van der Waals surface area contributed by atoms with Crippen LogP contribution in [-0.4, -0.2) is 11.0 Å². The van der Waals surface area contributed by atoms with E-state index in [0.717, 1.165) is 17.4 Å². The average Bonchev–Trinajstić information content (AvgIpc) is 3.17. The highest BCUT2D eigenvalue weighted by atomic mass is 32.1. The van der Waals surface area contributed by atoms with Crippen molar-refractivity contribution in [2.45, 2.75) is 31.7 Å². The SMILES string of the molecule is NC(=S)c1ccc(NC(C2CC2)C2CC2)cc1. The molecule has 3 rings (SSSR count). The third-order valence-corrected chi connectivity index (χ3v) is 4.00. The van der Waals surface area contributed by atoms with Crippen LogP contribution < -0.4 is 11.1 Å². The maximum atomic E-state index is 5.59. The molecule has 2 aliphatic rings. The monoisotopic (exact) mass is 246 g/mol. The number of thiocarbonyl (C=S) groups is 1. The van der Waals surface area contributed by atoms with Crippen LogP contribution in [0.4, 0.5) is 5.69 Å². The van der Waals surface area contributed by atoms with E-state index in [1.165, 1.54) is 31.4 Å². The molecule has 90 valence electrons. The summed E-state index contributed by atoms with van der Waals surface area (Å²) < 4.78 is 0. The van der Waals surface area contributed by atoms with Gasteiger partial charge < -0.3 is 11.1 Å². The number of rotatable bonds is 5. The quantitative estimate of drug-likeness (QED) is 0.785. The minimum Gasteiger partial charge on any atom is -0.389 e. The number of nitrogens with two attached hydrogens (primary N) is 1. The molecule has 0 aliphatic heterocycles. The number of anilines is 1. The van der Waals surface area contributed by atoms with Crippen LogP contribution >= 0.6 is 12.2 Å². The molecule has 3 heteroatoms. The smallest absolute Gasteiger partial charge is 0.103 e. The molecule has 0 spiro atoms. The summed E-state index contributed by atoms with van der Waals surface area (Å²) >= 11 is 4.95. The van der Waals surface area contributed by atoms with E-state index in [0.29, 0.717) is 11.0 Å². The van der Waals surface area contributed by atoms with Crippen molar-refractivity contribution in [1.29, 1.82) is 0 Å². The number of benzene rings is 1. The maximum Gasteiger partial charge on any atom is 0.103 e. The Bertz CT molecular complexity index is 406. The van der Waals surface area contributed by atoms with E-state index in [-0.39, 0.29) is 0 Å². The van der Waals surface area contributed by atoms with Crippen molar-refractivity contribution in [3.63, 3.8) is 0 Å². The highest BCUT2D eigenvalue weighted by molar-refractivity contribution is 7.80. The van der Waals surface area contributed by atoms with Crippen molar-refractivity contribution < 1.29 is 0 Å². The first-order valence-electron chi connectivity index (χ1n) is 6.40. The average molecular weight is 246 g/mol. The molecule has 0 bridgehead atoms. The van der Waals surface area contributed by atoms with Crippen LogP contribution in [-0.2, 0) is 0 Å². The Labute approximate surface area is 108 Å². The van der Waals surface area contributed by atoms with Crippen LogP contribution in [0.5, 0.6) is 0 Å². The van der Waals surface area contributed by atoms with Gasteiger partial charge in [-0.15, -0.1) is 0 Å². The van der Waals surface area contributed by atoms with Crippen LogP contribution in [0.25, 0.3) is 0 Å². The van der Waals surface area contributed by atoms with Gasteiger partial charge in [-0.25, -0.2) is 0 Å². The molecule has 0 saturated heterocycles. The van der Waals surface area contributed by atoms with Gasteiger partial charge in [0, 0.05) is 17.3 Å². The molecule has 1 aromatic rings. The maximum absolute atomic E-state index is 5.59. The molecule has 1 aromatic carbocycles. The highest BCUT2D eigenvalue weighted by Crippen LogP contribution is 2.45. The summed E-state index contributed by atoms with van der Waals surface area (Å²) in [5, 5.41) is 3.68. The van der Waals surface area contributed by atoms with Gasteiger partial charge >= 0.3 is 0 Å². The van der Waals surface area contributed by atoms with E-state index in [1.807, 2.05) is 12.1 Å². The first kappa shape index (κ1) is 11.0. The highest BCUT2D eigenvalue weighted by Gasteiger charge is 2.41. The van der Waals surface area contributed by atoms with Gasteiger partial charge in [-0.05, 0) is 61.8 Å². The summed E-state index contributed by atoms with van der Waals surface area (Å²) in [6.45, 7) is 0. The zero-order valence-electron chi connectivity index (χ0n) is 9.86. The minimum absolute atomic E-state index is 0.470. The summed E-state index contributed by atoms with van der Waals surface area (Å²) in [7, 11) is 0. The Hall–Kier alpha value is -1.09. The summed E-state index contributed by atoms with van der Waals surface area (Å²) in [6, 6.07) is 8.88. The number of nitrogens with one attached hydrogen (secondary N) is 1. The predicted molar refractivity (Wildman–Crippen MR) is 75.2 cm³/mol. The van der Waals surface area contributed by atoms with Crippen LogP contribution in [0.2, 0.25) is 0 Å². The van der Waals surface area contributed by atoms with Crippen LogP contribution in [0.3, 0.4) is 0 Å². The minimum atomic E-state index is 0.470. The summed E-state index contributed by atoms with van der Waals surface area (Å²) in [5.74, 6) is 1.83. The van der Waals surface area contributed by atoms with Gasteiger partial charge in [-0.1, -0.05) is 12.2 Å². The molecule has 0 atom stereocenters. The lowest BCUT2D eigenvalue weighted by Gasteiger charge is -2.19. The fourth-order valence-corrected chi connectivity index (χ4v) is 2.59. The molecule has 0 unspecified atom stereocenters. The molecular formula is C14H18N2S. The fourth-order valence-electron chi connectivity index (χ4n) is 2.45. The first-order chi connectivity index (χ1) is 8.24. The Morgan fingerprint density at radius 3 is 2.06 bits per heavy atom. The van der Waals surface area contributed by atoms with Crippen LogP contribution in [0.15, 0.2) is 24.3 Å². The van der Waals surface area contributed by atoms with E-state index < -0.39 is 0 Å². The lowest BCUT2D eigenvalue weighted by molar-refractivity contribution is 0.568. The Kier molecular flexibility index (Phi) is 2.79. The lowest BCUT2D eigenvalue weighted by atomic mass is 10.1. The predicted octanol–water partition coefficient (Wildman–Crippen LogP) is 2.92. The molecule has 17 heavy (non-hydrogen) atoms. The van der Waals surface area contributed by atoms with E-state index in [2.05, 4.69) is 17.4 Å². The molecule has 0 radical (unpaired) electrons. The third-order valence-electron chi connectivity index (χ3n) is 3.76. The van der Waals surface area contributed by atoms with Crippen molar-refractivity contribution in [3.05, 3.63) is 29.8 Å². The second-order valence-corrected chi connectivity index (χ2v) is 5.73. The molecular weight excluding hydrogens is 228 g/mol. The summed E-state index contributed by atoms with van der Waals surface area (Å²) in [4.78, 5) is 0.470. The van der Waals surface area contributed by atoms with Crippen molar-refractivity contribution in [2.75, 3.05) is 5.32 Å². The third kappa shape index (κ3) is 2.60. The van der Waals surface area contributed by atoms with Gasteiger partial charge in [-0.2, -0.15) is 0 Å². The first-order valence-corrected chi connectivity index (χ1v) is 6.81. The van der Waals surface area contributed by atoms with Crippen molar-refractivity contribution in [1.82, 2.24) is 0 Å². The zero-order valence-corrected chi connectivity index (χ0v) is 10.7. The van der Waals surface area contributed by atoms with Crippen LogP contribution in [0, 0.1) is 11.8 Å². The largest absolute Gasteiger partial charge is 0.389 e. The Morgan fingerprint density at radius 1 is 1.12 bits per heavy atom. The zero-order chi connectivity index (χ0) is 11.8. The molecule has 0 heterocycles.